The Morgan fingerprint density at radius 2 is 2.13 bits per heavy atom. The van der Waals surface area contributed by atoms with E-state index >= 15 is 0 Å². The zero-order chi connectivity index (χ0) is 10.8. The maximum atomic E-state index is 11.6. The number of nitrogens with zero attached hydrogens (tertiary/aromatic N) is 1. The van der Waals surface area contributed by atoms with Gasteiger partial charge in [-0.15, -0.1) is 0 Å². The average molecular weight is 203 g/mol. The topological polar surface area (TPSA) is 40.5 Å². The Hall–Kier alpha value is -1.77. The van der Waals surface area contributed by atoms with Crippen LogP contribution in [0.4, 0.5) is 0 Å². The molecule has 1 fully saturated rings. The SMILES string of the molecule is CN1CC/C(=C/c2ccccc2O)C1=O. The normalized spacial score (nSPS) is 18.9. The predicted octanol–water partition coefficient (Wildman–Crippen LogP) is 1.64. The second-order valence-electron chi connectivity index (χ2n) is 3.71. The van der Waals surface area contributed by atoms with E-state index in [9.17, 15) is 9.90 Å². The number of likely N-dealkylation sites (N-methyl/N-ethyl adjacent to an activating group) is 1. The summed E-state index contributed by atoms with van der Waals surface area (Å²) in [5.41, 5.74) is 1.47. The lowest BCUT2D eigenvalue weighted by Gasteiger charge is -2.04. The molecule has 0 saturated carbocycles. The number of hydrogen-bond acceptors (Lipinski definition) is 2. The highest BCUT2D eigenvalue weighted by Gasteiger charge is 2.22. The van der Waals surface area contributed by atoms with Crippen LogP contribution in [0.1, 0.15) is 12.0 Å². The summed E-state index contributed by atoms with van der Waals surface area (Å²) in [5.74, 6) is 0.269. The molecule has 1 saturated heterocycles. The van der Waals surface area contributed by atoms with E-state index in [2.05, 4.69) is 0 Å². The van der Waals surface area contributed by atoms with Crippen LogP contribution in [-0.4, -0.2) is 29.5 Å². The largest absolute Gasteiger partial charge is 0.507 e. The van der Waals surface area contributed by atoms with Gasteiger partial charge in [0.25, 0.3) is 0 Å². The fourth-order valence-corrected chi connectivity index (χ4v) is 1.67. The summed E-state index contributed by atoms with van der Waals surface area (Å²) < 4.78 is 0. The van der Waals surface area contributed by atoms with Crippen LogP contribution in [0.5, 0.6) is 5.75 Å². The van der Waals surface area contributed by atoms with Gasteiger partial charge in [-0.3, -0.25) is 4.79 Å². The zero-order valence-electron chi connectivity index (χ0n) is 8.60. The van der Waals surface area contributed by atoms with Gasteiger partial charge in [0.2, 0.25) is 5.91 Å². The molecule has 3 nitrogen and oxygen atoms in total. The molecule has 1 N–H and O–H groups in total. The smallest absolute Gasteiger partial charge is 0.249 e. The fraction of sp³-hybridized carbons (Fsp3) is 0.250. The lowest BCUT2D eigenvalue weighted by Crippen LogP contribution is -2.18. The summed E-state index contributed by atoms with van der Waals surface area (Å²) >= 11 is 0. The van der Waals surface area contributed by atoms with E-state index in [4.69, 9.17) is 0 Å². The Morgan fingerprint density at radius 1 is 1.40 bits per heavy atom. The lowest BCUT2D eigenvalue weighted by atomic mass is 10.1. The van der Waals surface area contributed by atoms with Crippen molar-refractivity contribution < 1.29 is 9.90 Å². The first-order valence-electron chi connectivity index (χ1n) is 4.92. The first-order chi connectivity index (χ1) is 7.18. The molecule has 0 bridgehead atoms. The molecule has 78 valence electrons. The number of phenols is 1. The Balaban J connectivity index is 2.32. The van der Waals surface area contributed by atoms with Crippen molar-refractivity contribution in [3.05, 3.63) is 35.4 Å². The van der Waals surface area contributed by atoms with Crippen LogP contribution < -0.4 is 0 Å². The number of hydrogen-bond donors (Lipinski definition) is 1. The van der Waals surface area contributed by atoms with Crippen molar-refractivity contribution in [3.63, 3.8) is 0 Å². The standard InChI is InChI=1S/C12H13NO2/c1-13-7-6-10(12(13)15)8-9-4-2-3-5-11(9)14/h2-5,8,14H,6-7H2,1H3/b10-8-. The average Bonchev–Trinajstić information content (AvgIpc) is 2.53. The first-order valence-corrected chi connectivity index (χ1v) is 4.92. The number of likely N-dealkylation sites (tertiary alicyclic amines) is 1. The van der Waals surface area contributed by atoms with Gasteiger partial charge >= 0.3 is 0 Å². The van der Waals surface area contributed by atoms with Crippen LogP contribution in [0, 0.1) is 0 Å². The second kappa shape index (κ2) is 3.77. The predicted molar refractivity (Wildman–Crippen MR) is 58.3 cm³/mol. The number of phenolic OH excluding ortho intramolecular Hbond substituents is 1. The molecule has 0 aliphatic carbocycles. The molecule has 1 aliphatic heterocycles. The zero-order valence-corrected chi connectivity index (χ0v) is 8.60. The third kappa shape index (κ3) is 1.86. The molecular formula is C12H13NO2. The Labute approximate surface area is 88.6 Å². The maximum absolute atomic E-state index is 11.6. The number of benzene rings is 1. The van der Waals surface area contributed by atoms with Gasteiger partial charge in [0.05, 0.1) is 0 Å². The van der Waals surface area contributed by atoms with Crippen LogP contribution >= 0.6 is 0 Å². The summed E-state index contributed by atoms with van der Waals surface area (Å²) in [5, 5.41) is 9.55. The van der Waals surface area contributed by atoms with Crippen molar-refractivity contribution in [1.82, 2.24) is 4.90 Å². The van der Waals surface area contributed by atoms with Gasteiger partial charge in [-0.2, -0.15) is 0 Å². The van der Waals surface area contributed by atoms with Crippen molar-refractivity contribution in [2.24, 2.45) is 0 Å². The van der Waals surface area contributed by atoms with E-state index in [0.29, 0.717) is 5.56 Å². The molecular weight excluding hydrogens is 190 g/mol. The van der Waals surface area contributed by atoms with Crippen LogP contribution in [0.15, 0.2) is 29.8 Å². The molecule has 1 heterocycles. The van der Waals surface area contributed by atoms with Crippen molar-refractivity contribution >= 4 is 12.0 Å². The van der Waals surface area contributed by atoms with Gasteiger partial charge in [-0.1, -0.05) is 18.2 Å². The van der Waals surface area contributed by atoms with Gasteiger partial charge in [0.1, 0.15) is 5.75 Å². The van der Waals surface area contributed by atoms with Crippen LogP contribution in [-0.2, 0) is 4.79 Å². The fourth-order valence-electron chi connectivity index (χ4n) is 1.67. The Bertz CT molecular complexity index is 423. The monoisotopic (exact) mass is 203 g/mol. The van der Waals surface area contributed by atoms with Crippen molar-refractivity contribution in [3.8, 4) is 5.75 Å². The number of para-hydroxylation sites is 1. The van der Waals surface area contributed by atoms with E-state index in [1.807, 2.05) is 6.07 Å². The van der Waals surface area contributed by atoms with Crippen molar-refractivity contribution in [2.75, 3.05) is 13.6 Å². The molecule has 1 aliphatic rings. The van der Waals surface area contributed by atoms with Gasteiger partial charge in [0, 0.05) is 24.7 Å². The molecule has 1 amide bonds. The molecule has 1 aromatic carbocycles. The van der Waals surface area contributed by atoms with Gasteiger partial charge in [-0.25, -0.2) is 0 Å². The van der Waals surface area contributed by atoms with Gasteiger partial charge in [0.15, 0.2) is 0 Å². The number of carbonyl (C=O) groups excluding carboxylic acids is 1. The molecule has 0 aromatic heterocycles. The second-order valence-corrected chi connectivity index (χ2v) is 3.71. The molecule has 0 atom stereocenters. The number of carbonyl (C=O) groups is 1. The number of rotatable bonds is 1. The highest BCUT2D eigenvalue weighted by molar-refractivity contribution is 5.99. The third-order valence-electron chi connectivity index (χ3n) is 2.60. The van der Waals surface area contributed by atoms with Crippen molar-refractivity contribution in [1.29, 1.82) is 0 Å². The van der Waals surface area contributed by atoms with Gasteiger partial charge in [-0.05, 0) is 18.6 Å². The van der Waals surface area contributed by atoms with E-state index in [-0.39, 0.29) is 11.7 Å². The minimum Gasteiger partial charge on any atom is -0.507 e. The summed E-state index contributed by atoms with van der Waals surface area (Å²) in [7, 11) is 1.79. The Kier molecular flexibility index (Phi) is 2.46. The van der Waals surface area contributed by atoms with E-state index in [1.165, 1.54) is 0 Å². The molecule has 1 aromatic rings. The van der Waals surface area contributed by atoms with Gasteiger partial charge < -0.3 is 10.0 Å². The molecule has 2 rings (SSSR count). The maximum Gasteiger partial charge on any atom is 0.249 e. The van der Waals surface area contributed by atoms with E-state index < -0.39 is 0 Å². The molecule has 0 unspecified atom stereocenters. The number of aromatic hydroxyl groups is 1. The van der Waals surface area contributed by atoms with E-state index in [1.54, 1.807) is 36.2 Å². The summed E-state index contributed by atoms with van der Waals surface area (Å²) in [6.07, 6.45) is 2.52. The Morgan fingerprint density at radius 3 is 2.73 bits per heavy atom. The minimum atomic E-state index is 0.0539. The molecule has 3 heteroatoms. The third-order valence-corrected chi connectivity index (χ3v) is 2.60. The summed E-state index contributed by atoms with van der Waals surface area (Å²) in [4.78, 5) is 13.3. The lowest BCUT2D eigenvalue weighted by molar-refractivity contribution is -0.123. The first kappa shape index (κ1) is 9.77. The van der Waals surface area contributed by atoms with E-state index in [0.717, 1.165) is 18.5 Å². The van der Waals surface area contributed by atoms with Crippen molar-refractivity contribution in [2.45, 2.75) is 6.42 Å². The van der Waals surface area contributed by atoms with Crippen LogP contribution in [0.25, 0.3) is 6.08 Å². The summed E-state index contributed by atoms with van der Waals surface area (Å²) in [6, 6.07) is 7.03. The summed E-state index contributed by atoms with van der Waals surface area (Å²) in [6.45, 7) is 0.762. The molecule has 15 heavy (non-hydrogen) atoms. The highest BCUT2D eigenvalue weighted by Crippen LogP contribution is 2.23. The van der Waals surface area contributed by atoms with Crippen LogP contribution in [0.2, 0.25) is 0 Å². The molecule has 0 radical (unpaired) electrons. The number of amides is 1. The van der Waals surface area contributed by atoms with Crippen LogP contribution in [0.3, 0.4) is 0 Å². The molecule has 0 spiro atoms. The quantitative estimate of drug-likeness (QED) is 0.705. The minimum absolute atomic E-state index is 0.0539. The highest BCUT2D eigenvalue weighted by atomic mass is 16.3.